The zero-order chi connectivity index (χ0) is 21.4. The number of carbonyl (C=O) groups is 2. The Morgan fingerprint density at radius 2 is 1.63 bits per heavy atom. The van der Waals surface area contributed by atoms with Gasteiger partial charge in [0.05, 0.1) is 16.6 Å². The second-order valence-corrected chi connectivity index (χ2v) is 7.13. The van der Waals surface area contributed by atoms with Crippen molar-refractivity contribution in [3.05, 3.63) is 100 Å². The lowest BCUT2D eigenvalue weighted by molar-refractivity contribution is -0.132. The Labute approximate surface area is 176 Å². The summed E-state index contributed by atoms with van der Waals surface area (Å²) in [6, 6.07) is 16.8. The molecule has 0 aliphatic carbocycles. The van der Waals surface area contributed by atoms with Gasteiger partial charge in [0.25, 0.3) is 11.7 Å². The standard InChI is InChI=1S/C23H15ClFNO4/c24-17-12-14(8-11-18(17)27)20-19(21(28)13-6-9-15(25)10-7-13)22(29)23(30)26(20)16-4-2-1-3-5-16/h1-12,20,27-28H/b21-19-. The number of halogens is 2. The molecule has 5 nitrogen and oxygen atoms in total. The number of aromatic hydroxyl groups is 1. The maximum Gasteiger partial charge on any atom is 0.300 e. The van der Waals surface area contributed by atoms with Gasteiger partial charge >= 0.3 is 0 Å². The van der Waals surface area contributed by atoms with Crippen molar-refractivity contribution < 1.29 is 24.2 Å². The van der Waals surface area contributed by atoms with Crippen LogP contribution in [-0.2, 0) is 9.59 Å². The van der Waals surface area contributed by atoms with Crippen LogP contribution in [0.2, 0.25) is 5.02 Å². The van der Waals surface area contributed by atoms with Crippen molar-refractivity contribution in [2.45, 2.75) is 6.04 Å². The number of ketones is 1. The van der Waals surface area contributed by atoms with Crippen molar-refractivity contribution in [3.8, 4) is 5.75 Å². The Bertz CT molecular complexity index is 1180. The van der Waals surface area contributed by atoms with E-state index in [4.69, 9.17) is 11.6 Å². The summed E-state index contributed by atoms with van der Waals surface area (Å²) in [6.07, 6.45) is 0. The van der Waals surface area contributed by atoms with Gasteiger partial charge in [0.15, 0.2) is 0 Å². The highest BCUT2D eigenvalue weighted by Crippen LogP contribution is 2.43. The Hall–Kier alpha value is -3.64. The van der Waals surface area contributed by atoms with Gasteiger partial charge in [-0.3, -0.25) is 14.5 Å². The molecule has 1 amide bonds. The van der Waals surface area contributed by atoms with Gasteiger partial charge in [-0.25, -0.2) is 4.39 Å². The molecule has 1 aliphatic heterocycles. The smallest absolute Gasteiger partial charge is 0.300 e. The number of aliphatic hydroxyl groups excluding tert-OH is 1. The third-order valence-corrected chi connectivity index (χ3v) is 5.19. The quantitative estimate of drug-likeness (QED) is 0.360. The predicted octanol–water partition coefficient (Wildman–Crippen LogP) is 4.81. The minimum absolute atomic E-state index is 0.0351. The molecule has 0 bridgehead atoms. The van der Waals surface area contributed by atoms with Crippen LogP contribution in [0.1, 0.15) is 17.2 Å². The van der Waals surface area contributed by atoms with Crippen LogP contribution in [-0.4, -0.2) is 21.9 Å². The summed E-state index contributed by atoms with van der Waals surface area (Å²) in [5.41, 5.74) is 0.908. The first-order chi connectivity index (χ1) is 14.4. The summed E-state index contributed by atoms with van der Waals surface area (Å²) in [6.45, 7) is 0. The zero-order valence-electron chi connectivity index (χ0n) is 15.4. The van der Waals surface area contributed by atoms with Crippen LogP contribution in [0.4, 0.5) is 10.1 Å². The Morgan fingerprint density at radius 1 is 0.967 bits per heavy atom. The lowest BCUT2D eigenvalue weighted by Gasteiger charge is -2.25. The Kier molecular flexibility index (Phi) is 5.01. The van der Waals surface area contributed by atoms with Crippen molar-refractivity contribution >= 4 is 34.7 Å². The number of Topliss-reactive ketones (excluding diaryl/α,β-unsaturated/α-hetero) is 1. The van der Waals surface area contributed by atoms with Crippen molar-refractivity contribution in [2.75, 3.05) is 4.90 Å². The van der Waals surface area contributed by atoms with Crippen LogP contribution in [0.25, 0.3) is 5.76 Å². The molecule has 1 unspecified atom stereocenters. The number of hydrogen-bond donors (Lipinski definition) is 2. The second-order valence-electron chi connectivity index (χ2n) is 6.72. The monoisotopic (exact) mass is 423 g/mol. The average Bonchev–Trinajstić information content (AvgIpc) is 3.01. The molecule has 4 rings (SSSR count). The molecule has 1 atom stereocenters. The summed E-state index contributed by atoms with van der Waals surface area (Å²) < 4.78 is 13.3. The van der Waals surface area contributed by atoms with Crippen molar-refractivity contribution in [2.24, 2.45) is 0 Å². The number of para-hydroxylation sites is 1. The second kappa shape index (κ2) is 7.65. The Balaban J connectivity index is 1.96. The number of carbonyl (C=O) groups excluding carboxylic acids is 2. The summed E-state index contributed by atoms with van der Waals surface area (Å²) in [4.78, 5) is 27.1. The number of anilines is 1. The van der Waals surface area contributed by atoms with Crippen LogP contribution >= 0.6 is 11.6 Å². The third kappa shape index (κ3) is 3.31. The van der Waals surface area contributed by atoms with Crippen LogP contribution in [0.3, 0.4) is 0 Å². The maximum absolute atomic E-state index is 13.3. The molecule has 1 saturated heterocycles. The van der Waals surface area contributed by atoms with E-state index < -0.39 is 29.3 Å². The topological polar surface area (TPSA) is 77.8 Å². The Morgan fingerprint density at radius 3 is 2.27 bits per heavy atom. The van der Waals surface area contributed by atoms with Gasteiger partial charge < -0.3 is 10.2 Å². The predicted molar refractivity (Wildman–Crippen MR) is 111 cm³/mol. The van der Waals surface area contributed by atoms with Gasteiger partial charge in [0, 0.05) is 11.3 Å². The highest BCUT2D eigenvalue weighted by atomic mass is 35.5. The van der Waals surface area contributed by atoms with E-state index in [9.17, 15) is 24.2 Å². The number of nitrogens with zero attached hydrogens (tertiary/aromatic N) is 1. The van der Waals surface area contributed by atoms with E-state index in [1.54, 1.807) is 30.3 Å². The molecule has 1 fully saturated rings. The molecule has 1 aliphatic rings. The summed E-state index contributed by atoms with van der Waals surface area (Å²) in [5.74, 6) is -2.79. The molecule has 30 heavy (non-hydrogen) atoms. The fraction of sp³-hybridized carbons (Fsp3) is 0.0435. The fourth-order valence-electron chi connectivity index (χ4n) is 3.46. The van der Waals surface area contributed by atoms with Crippen molar-refractivity contribution in [1.82, 2.24) is 0 Å². The largest absolute Gasteiger partial charge is 0.507 e. The van der Waals surface area contributed by atoms with E-state index in [2.05, 4.69) is 0 Å². The van der Waals surface area contributed by atoms with E-state index in [1.165, 1.54) is 35.2 Å². The minimum atomic E-state index is -0.990. The molecule has 0 spiro atoms. The van der Waals surface area contributed by atoms with Crippen LogP contribution in [0.15, 0.2) is 78.4 Å². The molecule has 0 aromatic heterocycles. The van der Waals surface area contributed by atoms with Gasteiger partial charge in [0.1, 0.15) is 17.3 Å². The summed E-state index contributed by atoms with van der Waals surface area (Å²) in [7, 11) is 0. The van der Waals surface area contributed by atoms with E-state index in [0.29, 0.717) is 11.3 Å². The van der Waals surface area contributed by atoms with E-state index in [-0.39, 0.29) is 21.9 Å². The minimum Gasteiger partial charge on any atom is -0.507 e. The highest BCUT2D eigenvalue weighted by molar-refractivity contribution is 6.51. The van der Waals surface area contributed by atoms with Crippen molar-refractivity contribution in [3.63, 3.8) is 0 Å². The van der Waals surface area contributed by atoms with Gasteiger partial charge in [0.2, 0.25) is 0 Å². The first kappa shape index (κ1) is 19.7. The maximum atomic E-state index is 13.3. The number of benzene rings is 3. The molecular weight excluding hydrogens is 409 g/mol. The van der Waals surface area contributed by atoms with Crippen molar-refractivity contribution in [1.29, 1.82) is 0 Å². The molecule has 150 valence electrons. The number of phenols is 1. The average molecular weight is 424 g/mol. The molecule has 0 saturated carbocycles. The van der Waals surface area contributed by atoms with E-state index in [0.717, 1.165) is 12.1 Å². The van der Waals surface area contributed by atoms with E-state index >= 15 is 0 Å². The summed E-state index contributed by atoms with van der Waals surface area (Å²) >= 11 is 6.06. The molecule has 0 radical (unpaired) electrons. The number of phenolic OH excluding ortho intramolecular Hbond substituents is 1. The van der Waals surface area contributed by atoms with Crippen LogP contribution in [0, 0.1) is 5.82 Å². The number of aliphatic hydroxyl groups is 1. The van der Waals surface area contributed by atoms with E-state index in [1.807, 2.05) is 0 Å². The molecule has 3 aromatic rings. The number of amides is 1. The number of rotatable bonds is 3. The van der Waals surface area contributed by atoms with Gasteiger partial charge in [-0.2, -0.15) is 0 Å². The van der Waals surface area contributed by atoms with Gasteiger partial charge in [-0.15, -0.1) is 0 Å². The third-order valence-electron chi connectivity index (χ3n) is 4.88. The van der Waals surface area contributed by atoms with Gasteiger partial charge in [-0.1, -0.05) is 35.9 Å². The van der Waals surface area contributed by atoms with Gasteiger partial charge in [-0.05, 0) is 54.1 Å². The SMILES string of the molecule is O=C1C(=O)N(c2ccccc2)C(c2ccc(O)c(Cl)c2)/C1=C(/O)c1ccc(F)cc1. The zero-order valence-corrected chi connectivity index (χ0v) is 16.2. The highest BCUT2D eigenvalue weighted by Gasteiger charge is 2.47. The molecule has 1 heterocycles. The summed E-state index contributed by atoms with van der Waals surface area (Å²) in [5, 5.41) is 20.7. The first-order valence-corrected chi connectivity index (χ1v) is 9.36. The number of hydrogen-bond acceptors (Lipinski definition) is 4. The molecule has 2 N–H and O–H groups in total. The molecule has 7 heteroatoms. The lowest BCUT2D eigenvalue weighted by Crippen LogP contribution is -2.29. The van der Waals surface area contributed by atoms with Crippen LogP contribution < -0.4 is 4.90 Å². The van der Waals surface area contributed by atoms with Crippen LogP contribution in [0.5, 0.6) is 5.75 Å². The molecular formula is C23H15ClFNO4. The lowest BCUT2D eigenvalue weighted by atomic mass is 9.95. The normalized spacial score (nSPS) is 18.1. The first-order valence-electron chi connectivity index (χ1n) is 8.99. The fourth-order valence-corrected chi connectivity index (χ4v) is 3.65. The molecule has 3 aromatic carbocycles.